The molecule has 0 amide bonds. The second-order valence-electron chi connectivity index (χ2n) is 2.83. The lowest BCUT2D eigenvalue weighted by molar-refractivity contribution is 0.761. The van der Waals surface area contributed by atoms with E-state index in [9.17, 15) is 0 Å². The van der Waals surface area contributed by atoms with Crippen molar-refractivity contribution >= 4 is 11.5 Å². The van der Waals surface area contributed by atoms with Crippen molar-refractivity contribution in [1.82, 2.24) is 15.3 Å². The van der Waals surface area contributed by atoms with Crippen LogP contribution >= 0.6 is 0 Å². The minimum absolute atomic E-state index is 0.612. The maximum Gasteiger partial charge on any atom is 0.155 e. The fourth-order valence-electron chi connectivity index (χ4n) is 1.04. The maximum absolute atomic E-state index is 5.71. The topological polar surface area (TPSA) is 67.1 Å². The van der Waals surface area contributed by atoms with Crippen molar-refractivity contribution in [2.75, 3.05) is 37.8 Å². The minimum Gasteiger partial charge on any atom is -0.394 e. The molecule has 0 fully saturated rings. The molecule has 0 aliphatic heterocycles. The largest absolute Gasteiger partial charge is 0.394 e. The van der Waals surface area contributed by atoms with Crippen LogP contribution in [0.1, 0.15) is 0 Å². The van der Waals surface area contributed by atoms with Crippen molar-refractivity contribution in [1.29, 1.82) is 0 Å². The van der Waals surface area contributed by atoms with Gasteiger partial charge in [0.25, 0.3) is 0 Å². The summed E-state index contributed by atoms with van der Waals surface area (Å²) in [4.78, 5) is 9.92. The van der Waals surface area contributed by atoms with Gasteiger partial charge in [0.1, 0.15) is 6.33 Å². The summed E-state index contributed by atoms with van der Waals surface area (Å²) in [5.74, 6) is 0.783. The smallest absolute Gasteiger partial charge is 0.155 e. The Kier molecular flexibility index (Phi) is 3.45. The van der Waals surface area contributed by atoms with Gasteiger partial charge >= 0.3 is 0 Å². The molecule has 5 nitrogen and oxygen atoms in total. The molecule has 0 unspecified atom stereocenters. The zero-order valence-electron chi connectivity index (χ0n) is 7.99. The second kappa shape index (κ2) is 4.61. The number of rotatable bonds is 4. The average Bonchev–Trinajstić information content (AvgIpc) is 2.15. The summed E-state index contributed by atoms with van der Waals surface area (Å²) in [6.45, 7) is 1.78. The lowest BCUT2D eigenvalue weighted by Gasteiger charge is -2.18. The zero-order chi connectivity index (χ0) is 9.68. The number of nitrogens with one attached hydrogen (secondary N) is 1. The van der Waals surface area contributed by atoms with E-state index in [1.54, 1.807) is 6.20 Å². The van der Waals surface area contributed by atoms with Crippen LogP contribution in [0.5, 0.6) is 0 Å². The Bertz CT molecular complexity index is 262. The van der Waals surface area contributed by atoms with Crippen molar-refractivity contribution in [3.8, 4) is 0 Å². The first-order chi connectivity index (χ1) is 6.25. The summed E-state index contributed by atoms with van der Waals surface area (Å²) in [6.07, 6.45) is 3.11. The number of nitrogen functional groups attached to an aromatic ring is 1. The molecule has 13 heavy (non-hydrogen) atoms. The number of hydrogen-bond donors (Lipinski definition) is 2. The summed E-state index contributed by atoms with van der Waals surface area (Å²) < 4.78 is 0. The van der Waals surface area contributed by atoms with E-state index in [0.717, 1.165) is 18.9 Å². The first-order valence-corrected chi connectivity index (χ1v) is 4.17. The van der Waals surface area contributed by atoms with Crippen LogP contribution in [0.2, 0.25) is 0 Å². The summed E-state index contributed by atoms with van der Waals surface area (Å²) in [5.41, 5.74) is 6.32. The van der Waals surface area contributed by atoms with Gasteiger partial charge in [0.2, 0.25) is 0 Å². The maximum atomic E-state index is 5.71. The van der Waals surface area contributed by atoms with Crippen molar-refractivity contribution in [3.05, 3.63) is 12.5 Å². The summed E-state index contributed by atoms with van der Waals surface area (Å²) in [5, 5.41) is 3.06. The van der Waals surface area contributed by atoms with Crippen LogP contribution in [-0.2, 0) is 0 Å². The molecule has 0 saturated heterocycles. The molecule has 1 rings (SSSR count). The molecule has 1 aromatic rings. The molecule has 0 aliphatic carbocycles. The van der Waals surface area contributed by atoms with Gasteiger partial charge in [0.15, 0.2) is 5.82 Å². The summed E-state index contributed by atoms with van der Waals surface area (Å²) in [7, 11) is 3.87. The van der Waals surface area contributed by atoms with E-state index in [1.807, 2.05) is 19.0 Å². The molecule has 0 aliphatic rings. The van der Waals surface area contributed by atoms with E-state index in [1.165, 1.54) is 6.33 Å². The van der Waals surface area contributed by atoms with Crippen LogP contribution in [0.4, 0.5) is 11.5 Å². The van der Waals surface area contributed by atoms with Gasteiger partial charge in [-0.2, -0.15) is 0 Å². The van der Waals surface area contributed by atoms with Gasteiger partial charge in [-0.1, -0.05) is 0 Å². The Morgan fingerprint density at radius 3 is 3.00 bits per heavy atom. The van der Waals surface area contributed by atoms with Crippen molar-refractivity contribution in [3.63, 3.8) is 0 Å². The third-order valence-corrected chi connectivity index (χ3v) is 1.78. The second-order valence-corrected chi connectivity index (χ2v) is 2.83. The van der Waals surface area contributed by atoms with Crippen LogP contribution < -0.4 is 16.0 Å². The molecule has 3 N–H and O–H groups in total. The highest BCUT2D eigenvalue weighted by molar-refractivity contribution is 5.60. The zero-order valence-corrected chi connectivity index (χ0v) is 7.99. The molecular formula is C8H15N5. The highest BCUT2D eigenvalue weighted by Crippen LogP contribution is 2.15. The molecule has 0 spiro atoms. The van der Waals surface area contributed by atoms with Crippen LogP contribution in [-0.4, -0.2) is 37.2 Å². The first kappa shape index (κ1) is 9.73. The van der Waals surface area contributed by atoms with Crippen LogP contribution in [0.25, 0.3) is 0 Å². The number of nitrogens with zero attached hydrogens (tertiary/aromatic N) is 3. The molecule has 0 radical (unpaired) electrons. The van der Waals surface area contributed by atoms with Crippen molar-refractivity contribution < 1.29 is 0 Å². The predicted molar refractivity (Wildman–Crippen MR) is 53.6 cm³/mol. The highest BCUT2D eigenvalue weighted by Gasteiger charge is 2.04. The number of hydrogen-bond acceptors (Lipinski definition) is 5. The number of likely N-dealkylation sites (N-methyl/N-ethyl adjacent to an activating group) is 2. The lowest BCUT2D eigenvalue weighted by atomic mass is 10.4. The standard InChI is InChI=1S/C8H15N5/c1-10-3-4-13(2)8-7(9)5-11-6-12-8/h5-6,10H,3-4,9H2,1-2H3. The Balaban J connectivity index is 2.65. The van der Waals surface area contributed by atoms with Gasteiger partial charge in [-0.15, -0.1) is 0 Å². The monoisotopic (exact) mass is 181 g/mol. The van der Waals surface area contributed by atoms with Crippen molar-refractivity contribution in [2.24, 2.45) is 0 Å². The van der Waals surface area contributed by atoms with Gasteiger partial charge in [-0.3, -0.25) is 0 Å². The molecule has 72 valence electrons. The van der Waals surface area contributed by atoms with E-state index in [4.69, 9.17) is 5.73 Å². The summed E-state index contributed by atoms with van der Waals surface area (Å²) >= 11 is 0. The van der Waals surface area contributed by atoms with Crippen LogP contribution in [0.15, 0.2) is 12.5 Å². The average molecular weight is 181 g/mol. The molecule has 1 heterocycles. The number of aromatic nitrogens is 2. The highest BCUT2D eigenvalue weighted by atomic mass is 15.2. The van der Waals surface area contributed by atoms with E-state index < -0.39 is 0 Å². The van der Waals surface area contributed by atoms with E-state index in [-0.39, 0.29) is 0 Å². The molecule has 1 aromatic heterocycles. The molecule has 0 saturated carbocycles. The van der Waals surface area contributed by atoms with E-state index >= 15 is 0 Å². The predicted octanol–water partition coefficient (Wildman–Crippen LogP) is -0.286. The summed E-state index contributed by atoms with van der Waals surface area (Å²) in [6, 6.07) is 0. The first-order valence-electron chi connectivity index (χ1n) is 4.17. The lowest BCUT2D eigenvalue weighted by Crippen LogP contribution is -2.28. The van der Waals surface area contributed by atoms with E-state index in [0.29, 0.717) is 5.69 Å². The third kappa shape index (κ3) is 2.55. The van der Waals surface area contributed by atoms with Gasteiger partial charge in [-0.05, 0) is 7.05 Å². The quantitative estimate of drug-likeness (QED) is 0.668. The van der Waals surface area contributed by atoms with Gasteiger partial charge in [-0.25, -0.2) is 9.97 Å². The Hall–Kier alpha value is -1.36. The molecule has 0 aromatic carbocycles. The van der Waals surface area contributed by atoms with Crippen LogP contribution in [0, 0.1) is 0 Å². The Morgan fingerprint density at radius 2 is 2.38 bits per heavy atom. The van der Waals surface area contributed by atoms with Gasteiger partial charge < -0.3 is 16.0 Å². The number of anilines is 2. The van der Waals surface area contributed by atoms with Crippen molar-refractivity contribution in [2.45, 2.75) is 0 Å². The Labute approximate surface area is 78.0 Å². The van der Waals surface area contributed by atoms with E-state index in [2.05, 4.69) is 15.3 Å². The Morgan fingerprint density at radius 1 is 1.62 bits per heavy atom. The fraction of sp³-hybridized carbons (Fsp3) is 0.500. The normalized spacial score (nSPS) is 10.0. The molecule has 0 atom stereocenters. The molecular weight excluding hydrogens is 166 g/mol. The SMILES string of the molecule is CNCCN(C)c1ncncc1N. The minimum atomic E-state index is 0.612. The third-order valence-electron chi connectivity index (χ3n) is 1.78. The molecule has 0 bridgehead atoms. The number of nitrogens with two attached hydrogens (primary N) is 1. The fourth-order valence-corrected chi connectivity index (χ4v) is 1.04. The van der Waals surface area contributed by atoms with Gasteiger partial charge in [0, 0.05) is 20.1 Å². The van der Waals surface area contributed by atoms with Gasteiger partial charge in [0.05, 0.1) is 11.9 Å². The molecule has 5 heteroatoms. The van der Waals surface area contributed by atoms with Crippen LogP contribution in [0.3, 0.4) is 0 Å².